The Morgan fingerprint density at radius 2 is 2.14 bits per heavy atom. The smallest absolute Gasteiger partial charge is 0.381 e. The van der Waals surface area contributed by atoms with E-state index in [-0.39, 0.29) is 24.7 Å². The van der Waals surface area contributed by atoms with Gasteiger partial charge in [-0.2, -0.15) is 13.2 Å². The van der Waals surface area contributed by atoms with Crippen molar-refractivity contribution in [2.75, 3.05) is 39.4 Å². The average molecular weight is 323 g/mol. The summed E-state index contributed by atoms with van der Waals surface area (Å²) in [4.78, 5) is 15.2. The molecule has 2 saturated heterocycles. The Hall–Kier alpha value is -1.02. The fraction of sp³-hybridized carbons (Fsp3) is 0.929. The third-order valence-corrected chi connectivity index (χ3v) is 4.46. The molecule has 0 saturated carbocycles. The summed E-state index contributed by atoms with van der Waals surface area (Å²) >= 11 is 0. The Morgan fingerprint density at radius 1 is 1.41 bits per heavy atom. The predicted octanol–water partition coefficient (Wildman–Crippen LogP) is 1.69. The quantitative estimate of drug-likeness (QED) is 0.860. The number of nitrogens with zero attached hydrogens (tertiary/aromatic N) is 2. The standard InChI is InChI=1S/C14H24F3N3O2/c1-10-7-19(4-5-20(10)9-14(15,16)17)13(21)18-11(2)12-3-6-22-8-12/h10-12H,3-9H2,1-2H3,(H,18,21)/t10-,11-,12+/m0/s1. The van der Waals surface area contributed by atoms with Gasteiger partial charge in [-0.3, -0.25) is 4.90 Å². The van der Waals surface area contributed by atoms with Gasteiger partial charge in [0.25, 0.3) is 0 Å². The molecule has 1 N–H and O–H groups in total. The largest absolute Gasteiger partial charge is 0.401 e. The molecule has 0 spiro atoms. The lowest BCUT2D eigenvalue weighted by Crippen LogP contribution is -2.58. The lowest BCUT2D eigenvalue weighted by atomic mass is 10.0. The first-order chi connectivity index (χ1) is 10.3. The van der Waals surface area contributed by atoms with Crippen LogP contribution in [0.4, 0.5) is 18.0 Å². The van der Waals surface area contributed by atoms with Crippen LogP contribution in [0.5, 0.6) is 0 Å². The van der Waals surface area contributed by atoms with Gasteiger partial charge in [0.15, 0.2) is 0 Å². The molecule has 2 fully saturated rings. The lowest BCUT2D eigenvalue weighted by molar-refractivity contribution is -0.153. The maximum Gasteiger partial charge on any atom is 0.401 e. The number of halogens is 3. The highest BCUT2D eigenvalue weighted by Gasteiger charge is 2.36. The van der Waals surface area contributed by atoms with E-state index in [0.29, 0.717) is 25.6 Å². The van der Waals surface area contributed by atoms with Gasteiger partial charge in [0.2, 0.25) is 0 Å². The van der Waals surface area contributed by atoms with Gasteiger partial charge in [0, 0.05) is 44.2 Å². The van der Waals surface area contributed by atoms with E-state index in [9.17, 15) is 18.0 Å². The number of amides is 2. The van der Waals surface area contributed by atoms with Gasteiger partial charge in [-0.15, -0.1) is 0 Å². The molecular weight excluding hydrogens is 299 g/mol. The maximum atomic E-state index is 12.5. The van der Waals surface area contributed by atoms with Gasteiger partial charge in [-0.25, -0.2) is 4.79 Å². The topological polar surface area (TPSA) is 44.8 Å². The van der Waals surface area contributed by atoms with E-state index < -0.39 is 12.7 Å². The average Bonchev–Trinajstić information content (AvgIpc) is 2.93. The first kappa shape index (κ1) is 17.3. The van der Waals surface area contributed by atoms with Crippen LogP contribution in [0.1, 0.15) is 20.3 Å². The second-order valence-corrected chi connectivity index (χ2v) is 6.24. The number of piperazine rings is 1. The van der Waals surface area contributed by atoms with E-state index in [0.717, 1.165) is 13.0 Å². The molecule has 2 rings (SSSR count). The Bertz CT molecular complexity index is 386. The summed E-state index contributed by atoms with van der Waals surface area (Å²) in [6.07, 6.45) is -3.27. The highest BCUT2D eigenvalue weighted by Crippen LogP contribution is 2.21. The minimum absolute atomic E-state index is 0.0125. The van der Waals surface area contributed by atoms with Crippen molar-refractivity contribution in [3.63, 3.8) is 0 Å². The van der Waals surface area contributed by atoms with Crippen molar-refractivity contribution in [2.24, 2.45) is 5.92 Å². The van der Waals surface area contributed by atoms with Crippen LogP contribution < -0.4 is 5.32 Å². The molecule has 22 heavy (non-hydrogen) atoms. The van der Waals surface area contributed by atoms with E-state index in [1.54, 1.807) is 11.8 Å². The summed E-state index contributed by atoms with van der Waals surface area (Å²) in [5, 5.41) is 2.94. The summed E-state index contributed by atoms with van der Waals surface area (Å²) in [6, 6.07) is -0.484. The molecule has 2 heterocycles. The van der Waals surface area contributed by atoms with Gasteiger partial charge in [-0.05, 0) is 20.3 Å². The summed E-state index contributed by atoms with van der Waals surface area (Å²) in [5.41, 5.74) is 0. The number of ether oxygens (including phenoxy) is 1. The van der Waals surface area contributed by atoms with Crippen LogP contribution in [0.15, 0.2) is 0 Å². The number of carbonyl (C=O) groups excluding carboxylic acids is 1. The third kappa shape index (κ3) is 4.74. The van der Waals surface area contributed by atoms with Crippen LogP contribution in [-0.2, 0) is 4.74 Å². The van der Waals surface area contributed by atoms with Crippen LogP contribution >= 0.6 is 0 Å². The fourth-order valence-electron chi connectivity index (χ4n) is 3.00. The van der Waals surface area contributed by atoms with Gasteiger partial charge < -0.3 is 15.0 Å². The molecule has 2 aliphatic rings. The molecule has 0 bridgehead atoms. The molecule has 8 heteroatoms. The van der Waals surface area contributed by atoms with Crippen LogP contribution in [0.25, 0.3) is 0 Å². The molecule has 0 aromatic heterocycles. The van der Waals surface area contributed by atoms with E-state index in [2.05, 4.69) is 5.32 Å². The third-order valence-electron chi connectivity index (χ3n) is 4.46. The Kier molecular flexibility index (Phi) is 5.55. The molecular formula is C14H24F3N3O2. The lowest BCUT2D eigenvalue weighted by Gasteiger charge is -2.40. The second-order valence-electron chi connectivity index (χ2n) is 6.24. The van der Waals surface area contributed by atoms with Gasteiger partial charge in [0.1, 0.15) is 0 Å². The SMILES string of the molecule is C[C@H](NC(=O)N1CCN(CC(F)(F)F)[C@@H](C)C1)[C@@H]1CCOC1. The van der Waals surface area contributed by atoms with Crippen molar-refractivity contribution in [2.45, 2.75) is 38.5 Å². The van der Waals surface area contributed by atoms with E-state index >= 15 is 0 Å². The van der Waals surface area contributed by atoms with Crippen molar-refractivity contribution >= 4 is 6.03 Å². The van der Waals surface area contributed by atoms with Crippen molar-refractivity contribution < 1.29 is 22.7 Å². The number of hydrogen-bond donors (Lipinski definition) is 1. The Morgan fingerprint density at radius 3 is 2.68 bits per heavy atom. The first-order valence-electron chi connectivity index (χ1n) is 7.70. The molecule has 0 aromatic rings. The van der Waals surface area contributed by atoms with Crippen LogP contribution in [0.3, 0.4) is 0 Å². The number of nitrogens with one attached hydrogen (secondary N) is 1. The molecule has 3 atom stereocenters. The van der Waals surface area contributed by atoms with Crippen molar-refractivity contribution in [3.05, 3.63) is 0 Å². The number of carbonyl (C=O) groups is 1. The summed E-state index contributed by atoms with van der Waals surface area (Å²) < 4.78 is 42.7. The minimum atomic E-state index is -4.20. The molecule has 2 aliphatic heterocycles. The highest BCUT2D eigenvalue weighted by molar-refractivity contribution is 5.74. The number of rotatable bonds is 3. The summed E-state index contributed by atoms with van der Waals surface area (Å²) in [5.74, 6) is 0.313. The highest BCUT2D eigenvalue weighted by atomic mass is 19.4. The van der Waals surface area contributed by atoms with Gasteiger partial charge >= 0.3 is 12.2 Å². The van der Waals surface area contributed by atoms with Crippen molar-refractivity contribution in [1.82, 2.24) is 15.1 Å². The maximum absolute atomic E-state index is 12.5. The zero-order valence-corrected chi connectivity index (χ0v) is 13.0. The molecule has 2 amide bonds. The Balaban J connectivity index is 1.80. The van der Waals surface area contributed by atoms with E-state index in [4.69, 9.17) is 4.74 Å². The van der Waals surface area contributed by atoms with Crippen molar-refractivity contribution in [1.29, 1.82) is 0 Å². The first-order valence-corrected chi connectivity index (χ1v) is 7.70. The molecule has 0 aromatic carbocycles. The molecule has 128 valence electrons. The summed E-state index contributed by atoms with van der Waals surface area (Å²) in [7, 11) is 0. The zero-order valence-electron chi connectivity index (χ0n) is 13.0. The predicted molar refractivity (Wildman–Crippen MR) is 75.6 cm³/mol. The molecule has 0 aliphatic carbocycles. The number of alkyl halides is 3. The monoisotopic (exact) mass is 323 g/mol. The van der Waals surface area contributed by atoms with Crippen molar-refractivity contribution in [3.8, 4) is 0 Å². The van der Waals surface area contributed by atoms with Crippen LogP contribution in [0, 0.1) is 5.92 Å². The minimum Gasteiger partial charge on any atom is -0.381 e. The summed E-state index contributed by atoms with van der Waals surface area (Å²) in [6.45, 7) is 5.00. The molecule has 5 nitrogen and oxygen atoms in total. The number of hydrogen-bond acceptors (Lipinski definition) is 3. The molecule has 0 radical (unpaired) electrons. The Labute approximate surface area is 128 Å². The van der Waals surface area contributed by atoms with Gasteiger partial charge in [0.05, 0.1) is 13.2 Å². The van der Waals surface area contributed by atoms with E-state index in [1.807, 2.05) is 6.92 Å². The van der Waals surface area contributed by atoms with Crippen LogP contribution in [-0.4, -0.2) is 73.5 Å². The zero-order chi connectivity index (χ0) is 16.3. The second kappa shape index (κ2) is 7.04. The van der Waals surface area contributed by atoms with E-state index in [1.165, 1.54) is 4.90 Å². The normalized spacial score (nSPS) is 28.7. The fourth-order valence-corrected chi connectivity index (χ4v) is 3.00. The van der Waals surface area contributed by atoms with Gasteiger partial charge in [-0.1, -0.05) is 0 Å². The molecule has 0 unspecified atom stereocenters. The number of urea groups is 1. The van der Waals surface area contributed by atoms with Crippen LogP contribution in [0.2, 0.25) is 0 Å².